The molecule has 2 aromatic rings. The van der Waals surface area contributed by atoms with Gasteiger partial charge in [-0.1, -0.05) is 30.3 Å². The van der Waals surface area contributed by atoms with Gasteiger partial charge in [0.25, 0.3) is 0 Å². The summed E-state index contributed by atoms with van der Waals surface area (Å²) < 4.78 is 0. The Balaban J connectivity index is 1.91. The van der Waals surface area contributed by atoms with Crippen LogP contribution in [0.25, 0.3) is 0 Å². The van der Waals surface area contributed by atoms with Crippen LogP contribution in [-0.4, -0.2) is 16.0 Å². The summed E-state index contributed by atoms with van der Waals surface area (Å²) in [5, 5.41) is 3.30. The number of hydrogen-bond acceptors (Lipinski definition) is 6. The number of hydrazine groups is 1. The molecule has 1 aromatic heterocycles. The minimum atomic E-state index is 0.193. The van der Waals surface area contributed by atoms with E-state index in [0.717, 1.165) is 12.8 Å². The molecule has 6 N–H and O–H groups in total. The first-order valence-electron chi connectivity index (χ1n) is 6.59. The molecule has 2 rings (SSSR count). The Morgan fingerprint density at radius 1 is 1.15 bits per heavy atom. The molecular weight excluding hydrogens is 252 g/mol. The van der Waals surface area contributed by atoms with E-state index in [0.29, 0.717) is 11.6 Å². The van der Waals surface area contributed by atoms with Crippen LogP contribution in [-0.2, 0) is 6.42 Å². The van der Waals surface area contributed by atoms with E-state index < -0.39 is 0 Å². The van der Waals surface area contributed by atoms with Crippen molar-refractivity contribution in [2.24, 2.45) is 5.84 Å². The summed E-state index contributed by atoms with van der Waals surface area (Å²) in [5.41, 5.74) is 9.41. The summed E-state index contributed by atoms with van der Waals surface area (Å²) in [6.45, 7) is 2.11. The van der Waals surface area contributed by atoms with Gasteiger partial charge in [0.05, 0.1) is 0 Å². The molecule has 0 saturated carbocycles. The fourth-order valence-corrected chi connectivity index (χ4v) is 1.97. The normalized spacial score (nSPS) is 11.9. The van der Waals surface area contributed by atoms with Crippen molar-refractivity contribution in [2.45, 2.75) is 25.8 Å². The Labute approximate surface area is 118 Å². The average molecular weight is 272 g/mol. The van der Waals surface area contributed by atoms with Crippen molar-refractivity contribution in [3.05, 3.63) is 42.0 Å². The highest BCUT2D eigenvalue weighted by atomic mass is 15.3. The van der Waals surface area contributed by atoms with E-state index in [9.17, 15) is 0 Å². The molecule has 0 aliphatic carbocycles. The fraction of sp³-hybridized carbons (Fsp3) is 0.286. The Kier molecular flexibility index (Phi) is 4.73. The Bertz CT molecular complexity index is 543. The van der Waals surface area contributed by atoms with E-state index in [-0.39, 0.29) is 12.0 Å². The third kappa shape index (κ3) is 4.10. The second-order valence-corrected chi connectivity index (χ2v) is 4.71. The fourth-order valence-electron chi connectivity index (χ4n) is 1.97. The highest BCUT2D eigenvalue weighted by molar-refractivity contribution is 5.50. The number of nitrogens with two attached hydrogens (primary N) is 2. The molecule has 106 valence electrons. The lowest BCUT2D eigenvalue weighted by molar-refractivity contribution is 0.703. The molecule has 0 bridgehead atoms. The van der Waals surface area contributed by atoms with Crippen LogP contribution in [0.5, 0.6) is 0 Å². The minimum Gasteiger partial charge on any atom is -0.368 e. The molecule has 1 heterocycles. The summed E-state index contributed by atoms with van der Waals surface area (Å²) >= 11 is 0. The van der Waals surface area contributed by atoms with Crippen molar-refractivity contribution in [3.8, 4) is 0 Å². The number of nitrogen functional groups attached to an aromatic ring is 2. The van der Waals surface area contributed by atoms with Crippen LogP contribution in [0.2, 0.25) is 0 Å². The lowest BCUT2D eigenvalue weighted by atomic mass is 10.1. The number of aryl methyl sites for hydroxylation is 1. The molecule has 1 aromatic carbocycles. The molecule has 0 spiro atoms. The Hall–Kier alpha value is -2.34. The maximum Gasteiger partial charge on any atom is 0.223 e. The molecule has 1 atom stereocenters. The van der Waals surface area contributed by atoms with E-state index in [1.54, 1.807) is 6.07 Å². The Morgan fingerprint density at radius 2 is 1.85 bits per heavy atom. The number of aromatic nitrogens is 2. The van der Waals surface area contributed by atoms with Gasteiger partial charge in [0.15, 0.2) is 0 Å². The SMILES string of the molecule is CC(CCc1ccccc1)Nc1cc(NN)nc(N)n1. The van der Waals surface area contributed by atoms with E-state index in [1.165, 1.54) is 5.56 Å². The molecule has 20 heavy (non-hydrogen) atoms. The van der Waals surface area contributed by atoms with Crippen molar-refractivity contribution >= 4 is 17.6 Å². The second-order valence-electron chi connectivity index (χ2n) is 4.71. The number of anilines is 3. The van der Waals surface area contributed by atoms with E-state index in [4.69, 9.17) is 11.6 Å². The van der Waals surface area contributed by atoms with Crippen LogP contribution >= 0.6 is 0 Å². The van der Waals surface area contributed by atoms with Gasteiger partial charge >= 0.3 is 0 Å². The van der Waals surface area contributed by atoms with Crippen molar-refractivity contribution in [1.82, 2.24) is 9.97 Å². The van der Waals surface area contributed by atoms with Crippen molar-refractivity contribution in [2.75, 3.05) is 16.5 Å². The van der Waals surface area contributed by atoms with Crippen molar-refractivity contribution in [1.29, 1.82) is 0 Å². The second kappa shape index (κ2) is 6.72. The van der Waals surface area contributed by atoms with Gasteiger partial charge in [0.2, 0.25) is 5.95 Å². The number of nitrogens with zero attached hydrogens (tertiary/aromatic N) is 2. The van der Waals surface area contributed by atoms with Crippen LogP contribution in [0.3, 0.4) is 0 Å². The van der Waals surface area contributed by atoms with Gasteiger partial charge in [-0.05, 0) is 25.3 Å². The Morgan fingerprint density at radius 3 is 2.55 bits per heavy atom. The van der Waals surface area contributed by atoms with Gasteiger partial charge in [0, 0.05) is 12.1 Å². The van der Waals surface area contributed by atoms with Gasteiger partial charge in [-0.25, -0.2) is 5.84 Å². The topological polar surface area (TPSA) is 102 Å². The van der Waals surface area contributed by atoms with Crippen LogP contribution in [0.4, 0.5) is 17.6 Å². The van der Waals surface area contributed by atoms with Gasteiger partial charge in [0.1, 0.15) is 11.6 Å². The zero-order valence-electron chi connectivity index (χ0n) is 11.5. The molecule has 0 fully saturated rings. The van der Waals surface area contributed by atoms with E-state index >= 15 is 0 Å². The molecular formula is C14H20N6. The number of nitrogens with one attached hydrogen (secondary N) is 2. The smallest absolute Gasteiger partial charge is 0.223 e. The van der Waals surface area contributed by atoms with Crippen LogP contribution in [0, 0.1) is 0 Å². The molecule has 0 aliphatic rings. The zero-order valence-corrected chi connectivity index (χ0v) is 11.5. The summed E-state index contributed by atoms with van der Waals surface area (Å²) in [5.74, 6) is 6.69. The summed E-state index contributed by atoms with van der Waals surface area (Å²) in [6.07, 6.45) is 2.01. The zero-order chi connectivity index (χ0) is 14.4. The highest BCUT2D eigenvalue weighted by Crippen LogP contribution is 2.14. The highest BCUT2D eigenvalue weighted by Gasteiger charge is 2.06. The number of benzene rings is 1. The lowest BCUT2D eigenvalue weighted by Gasteiger charge is -2.15. The molecule has 0 amide bonds. The molecule has 0 radical (unpaired) electrons. The molecule has 0 aliphatic heterocycles. The van der Waals surface area contributed by atoms with Gasteiger partial charge < -0.3 is 16.5 Å². The lowest BCUT2D eigenvalue weighted by Crippen LogP contribution is -2.18. The number of rotatable bonds is 6. The first kappa shape index (κ1) is 14.1. The van der Waals surface area contributed by atoms with Gasteiger partial charge in [-0.3, -0.25) is 0 Å². The monoisotopic (exact) mass is 272 g/mol. The largest absolute Gasteiger partial charge is 0.368 e. The average Bonchev–Trinajstić information content (AvgIpc) is 2.45. The van der Waals surface area contributed by atoms with Gasteiger partial charge in [-0.2, -0.15) is 9.97 Å². The molecule has 6 nitrogen and oxygen atoms in total. The molecule has 6 heteroatoms. The number of hydrogen-bond donors (Lipinski definition) is 4. The quantitative estimate of drug-likeness (QED) is 0.472. The predicted molar refractivity (Wildman–Crippen MR) is 82.1 cm³/mol. The van der Waals surface area contributed by atoms with Gasteiger partial charge in [-0.15, -0.1) is 0 Å². The van der Waals surface area contributed by atoms with Crippen molar-refractivity contribution in [3.63, 3.8) is 0 Å². The van der Waals surface area contributed by atoms with Crippen molar-refractivity contribution < 1.29 is 0 Å². The molecule has 0 saturated heterocycles. The minimum absolute atomic E-state index is 0.193. The summed E-state index contributed by atoms with van der Waals surface area (Å²) in [4.78, 5) is 8.08. The predicted octanol–water partition coefficient (Wildman–Crippen LogP) is 1.78. The summed E-state index contributed by atoms with van der Waals surface area (Å²) in [7, 11) is 0. The summed E-state index contributed by atoms with van der Waals surface area (Å²) in [6, 6.07) is 12.4. The third-order valence-electron chi connectivity index (χ3n) is 2.99. The maximum absolute atomic E-state index is 5.62. The van der Waals surface area contributed by atoms with Crippen LogP contribution in [0.15, 0.2) is 36.4 Å². The van der Waals surface area contributed by atoms with Crippen LogP contribution < -0.4 is 22.3 Å². The maximum atomic E-state index is 5.62. The third-order valence-corrected chi connectivity index (χ3v) is 2.99. The standard InChI is InChI=1S/C14H20N6/c1-10(7-8-11-5-3-2-4-6-11)17-12-9-13(20-16)19-14(15)18-12/h2-6,9-10H,7-8,16H2,1H3,(H4,15,17,18,19,20). The van der Waals surface area contributed by atoms with E-state index in [2.05, 4.69) is 51.9 Å². The first-order chi connectivity index (χ1) is 9.67. The van der Waals surface area contributed by atoms with Crippen LogP contribution in [0.1, 0.15) is 18.9 Å². The van der Waals surface area contributed by atoms with E-state index in [1.807, 2.05) is 6.07 Å². The molecule has 1 unspecified atom stereocenters. The first-order valence-corrected chi connectivity index (χ1v) is 6.59.